The SMILES string of the molecule is CCC[n+]1ccn(CCOC(=O)NCCCCCCN=C=O)c1.O=S(=O)([N-]S(=O)(=O)C(F)(F)F)C(F)(F)F. The van der Waals surface area contributed by atoms with E-state index in [9.17, 15) is 52.8 Å². The number of rotatable bonds is 14. The second-order valence-electron chi connectivity index (χ2n) is 7.26. The first kappa shape index (κ1) is 35.3. The van der Waals surface area contributed by atoms with E-state index in [1.807, 2.05) is 23.3 Å². The standard InChI is InChI=1S/C16H26N4O3.C2F6NO4S2/c1-2-9-19-10-11-20(15-19)12-13-23-16(22)18-8-6-4-3-5-7-17-14-21;3-1(4,5)14(10,11)9-15(12,13)2(6,7)8/h10-11,15H,2-9,12-13H2,1H3;/q;-1/p+1. The van der Waals surface area contributed by atoms with E-state index in [-0.39, 0.29) is 6.09 Å². The molecular formula is C18H27F6N5O7S2. The molecule has 0 aliphatic carbocycles. The summed E-state index contributed by atoms with van der Waals surface area (Å²) in [7, 11) is -13.4. The van der Waals surface area contributed by atoms with Crippen LogP contribution in [0.4, 0.5) is 31.1 Å². The molecule has 12 nitrogen and oxygen atoms in total. The molecule has 0 unspecified atom stereocenters. The Morgan fingerprint density at radius 3 is 2.16 bits per heavy atom. The molecule has 0 fully saturated rings. The Hall–Kier alpha value is -2.70. The van der Waals surface area contributed by atoms with E-state index in [4.69, 9.17) is 4.74 Å². The molecule has 0 saturated carbocycles. The summed E-state index contributed by atoms with van der Waals surface area (Å²) in [5, 5.41) is 2.74. The van der Waals surface area contributed by atoms with Crippen LogP contribution in [0.2, 0.25) is 0 Å². The van der Waals surface area contributed by atoms with Crippen molar-refractivity contribution in [3.05, 3.63) is 22.8 Å². The molecule has 1 aromatic heterocycles. The minimum Gasteiger partial charge on any atom is -0.445 e. The van der Waals surface area contributed by atoms with E-state index < -0.39 is 31.1 Å². The summed E-state index contributed by atoms with van der Waals surface area (Å²) >= 11 is 0. The summed E-state index contributed by atoms with van der Waals surface area (Å²) < 4.78 is 118. The normalized spacial score (nSPS) is 12.2. The minimum absolute atomic E-state index is 0.357. The van der Waals surface area contributed by atoms with Crippen LogP contribution in [0.1, 0.15) is 39.0 Å². The van der Waals surface area contributed by atoms with Crippen LogP contribution in [0.3, 0.4) is 0 Å². The number of halogens is 6. The maximum Gasteiger partial charge on any atom is 0.480 e. The number of carbonyl (C=O) groups is 1. The van der Waals surface area contributed by atoms with Gasteiger partial charge in [-0.1, -0.05) is 19.8 Å². The Bertz CT molecular complexity index is 1070. The molecule has 38 heavy (non-hydrogen) atoms. The summed E-state index contributed by atoms with van der Waals surface area (Å²) in [6, 6.07) is 0. The molecule has 0 spiro atoms. The predicted molar refractivity (Wildman–Crippen MR) is 119 cm³/mol. The number of aryl methyl sites for hydroxylation is 1. The minimum atomic E-state index is -6.72. The van der Waals surface area contributed by atoms with Crippen LogP contribution >= 0.6 is 0 Å². The molecule has 1 rings (SSSR count). The molecule has 0 aromatic carbocycles. The summed E-state index contributed by atoms with van der Waals surface area (Å²) in [5.41, 5.74) is -12.4. The lowest BCUT2D eigenvalue weighted by Crippen LogP contribution is -2.30. The number of hydrogen-bond donors (Lipinski definition) is 1. The Morgan fingerprint density at radius 2 is 1.63 bits per heavy atom. The molecule has 220 valence electrons. The number of unbranched alkanes of at least 4 members (excludes halogenated alkanes) is 3. The molecule has 1 aromatic rings. The fourth-order valence-electron chi connectivity index (χ4n) is 2.38. The number of nitrogens with zero attached hydrogens (tertiary/aromatic N) is 4. The third kappa shape index (κ3) is 14.3. The van der Waals surface area contributed by atoms with E-state index >= 15 is 0 Å². The van der Waals surface area contributed by atoms with E-state index in [1.165, 1.54) is 6.08 Å². The second kappa shape index (κ2) is 16.3. The van der Waals surface area contributed by atoms with Gasteiger partial charge < -0.3 is 14.2 Å². The van der Waals surface area contributed by atoms with Gasteiger partial charge in [-0.2, -0.15) is 26.3 Å². The number of aliphatic imine (C=N–C) groups is 1. The Kier molecular flexibility index (Phi) is 15.1. The third-order valence-corrected chi connectivity index (χ3v) is 6.86. The van der Waals surface area contributed by atoms with Gasteiger partial charge in [-0.15, -0.1) is 0 Å². The van der Waals surface area contributed by atoms with Crippen molar-refractivity contribution in [3.63, 3.8) is 0 Å². The van der Waals surface area contributed by atoms with Crippen molar-refractivity contribution in [2.45, 2.75) is 63.1 Å². The number of nitrogens with one attached hydrogen (secondary N) is 1. The van der Waals surface area contributed by atoms with Crippen molar-refractivity contribution in [2.75, 3.05) is 19.7 Å². The summed E-state index contributed by atoms with van der Waals surface area (Å²) in [6.45, 7) is 5.29. The second-order valence-corrected chi connectivity index (χ2v) is 10.7. The molecule has 0 aliphatic heterocycles. The van der Waals surface area contributed by atoms with Gasteiger partial charge in [0.2, 0.25) is 12.4 Å². The smallest absolute Gasteiger partial charge is 0.445 e. The molecule has 0 aliphatic rings. The number of isocyanates is 1. The number of alkyl halides is 6. The van der Waals surface area contributed by atoms with Crippen LogP contribution < -0.4 is 9.88 Å². The van der Waals surface area contributed by atoms with E-state index in [1.54, 1.807) is 0 Å². The number of ether oxygens (including phenoxy) is 1. The molecular weight excluding hydrogens is 576 g/mol. The summed E-state index contributed by atoms with van der Waals surface area (Å²) in [4.78, 5) is 24.9. The topological polar surface area (TPSA) is 159 Å². The number of carbonyl (C=O) groups excluding carboxylic acids is 2. The number of hydrogen-bond acceptors (Lipinski definition) is 8. The van der Waals surface area contributed by atoms with Crippen molar-refractivity contribution in [3.8, 4) is 0 Å². The largest absolute Gasteiger partial charge is 0.480 e. The van der Waals surface area contributed by atoms with Gasteiger partial charge in [0.15, 0.2) is 20.0 Å². The summed E-state index contributed by atoms with van der Waals surface area (Å²) in [6.07, 6.45) is 12.0. The van der Waals surface area contributed by atoms with E-state index in [2.05, 4.69) is 21.8 Å². The first-order chi connectivity index (χ1) is 17.5. The van der Waals surface area contributed by atoms with Gasteiger partial charge in [0.1, 0.15) is 25.5 Å². The lowest BCUT2D eigenvalue weighted by molar-refractivity contribution is -0.696. The van der Waals surface area contributed by atoms with Crippen molar-refractivity contribution in [2.24, 2.45) is 4.99 Å². The van der Waals surface area contributed by atoms with Crippen LogP contribution in [0, 0.1) is 0 Å². The number of aromatic nitrogens is 2. The lowest BCUT2D eigenvalue weighted by Gasteiger charge is -2.22. The average Bonchev–Trinajstić information content (AvgIpc) is 3.21. The van der Waals surface area contributed by atoms with Gasteiger partial charge in [0, 0.05) is 6.54 Å². The van der Waals surface area contributed by atoms with Crippen LogP contribution in [-0.2, 0) is 42.7 Å². The highest BCUT2D eigenvalue weighted by atomic mass is 32.3. The maximum absolute atomic E-state index is 11.5. The van der Waals surface area contributed by atoms with Gasteiger partial charge in [0.25, 0.3) is 0 Å². The monoisotopic (exact) mass is 603 g/mol. The van der Waals surface area contributed by atoms with Gasteiger partial charge in [-0.05, 0) is 19.3 Å². The lowest BCUT2D eigenvalue weighted by atomic mass is 10.2. The highest BCUT2D eigenvalue weighted by Crippen LogP contribution is 2.36. The zero-order valence-corrected chi connectivity index (χ0v) is 21.7. The fourth-order valence-corrected chi connectivity index (χ4v) is 4.09. The molecule has 0 saturated heterocycles. The van der Waals surface area contributed by atoms with Crippen molar-refractivity contribution >= 4 is 32.2 Å². The van der Waals surface area contributed by atoms with E-state index in [0.29, 0.717) is 26.2 Å². The molecule has 0 radical (unpaired) electrons. The van der Waals surface area contributed by atoms with Crippen molar-refractivity contribution in [1.29, 1.82) is 0 Å². The number of sulfonamides is 2. The van der Waals surface area contributed by atoms with Crippen molar-refractivity contribution in [1.82, 2.24) is 9.88 Å². The maximum atomic E-state index is 11.5. The Labute approximate surface area is 215 Å². The molecule has 0 bridgehead atoms. The highest BCUT2D eigenvalue weighted by Gasteiger charge is 2.46. The van der Waals surface area contributed by atoms with Crippen LogP contribution in [0.5, 0.6) is 0 Å². The van der Waals surface area contributed by atoms with Gasteiger partial charge >= 0.3 is 17.1 Å². The van der Waals surface area contributed by atoms with Gasteiger partial charge in [-0.3, -0.25) is 0 Å². The zero-order chi connectivity index (χ0) is 29.5. The summed E-state index contributed by atoms with van der Waals surface area (Å²) in [5.74, 6) is 0. The Balaban J connectivity index is 0.000000793. The molecule has 1 N–H and O–H groups in total. The van der Waals surface area contributed by atoms with Crippen molar-refractivity contribution < 1.29 is 62.1 Å². The zero-order valence-electron chi connectivity index (χ0n) is 20.0. The number of amides is 1. The number of alkyl carbamates (subject to hydrolysis) is 1. The molecule has 20 heteroatoms. The highest BCUT2D eigenvalue weighted by molar-refractivity contribution is 8.13. The molecule has 0 atom stereocenters. The van der Waals surface area contributed by atoms with Crippen LogP contribution in [-0.4, -0.2) is 64.3 Å². The first-order valence-corrected chi connectivity index (χ1v) is 13.7. The van der Waals surface area contributed by atoms with Crippen LogP contribution in [0.25, 0.3) is 4.13 Å². The van der Waals surface area contributed by atoms with Gasteiger partial charge in [-0.25, -0.2) is 40.6 Å². The first-order valence-electron chi connectivity index (χ1n) is 10.8. The fraction of sp³-hybridized carbons (Fsp3) is 0.722. The molecule has 1 heterocycles. The third-order valence-electron chi connectivity index (χ3n) is 4.12. The van der Waals surface area contributed by atoms with E-state index in [0.717, 1.165) is 42.8 Å². The molecule has 1 amide bonds. The number of imidazole rings is 1. The van der Waals surface area contributed by atoms with Crippen LogP contribution in [0.15, 0.2) is 23.7 Å². The van der Waals surface area contributed by atoms with Gasteiger partial charge in [0.05, 0.1) is 13.1 Å². The predicted octanol–water partition coefficient (Wildman–Crippen LogP) is 2.87. The Morgan fingerprint density at radius 1 is 1.05 bits per heavy atom. The average molecular weight is 604 g/mol. The quantitative estimate of drug-likeness (QED) is 0.113.